The summed E-state index contributed by atoms with van der Waals surface area (Å²) in [5.41, 5.74) is -0.00973. The van der Waals surface area contributed by atoms with E-state index < -0.39 is 33.6 Å². The number of hydrogen-bond donors (Lipinski definition) is 1. The molecule has 32 heavy (non-hydrogen) atoms. The van der Waals surface area contributed by atoms with Crippen molar-refractivity contribution >= 4 is 34.3 Å². The zero-order valence-electron chi connectivity index (χ0n) is 18.3. The number of benzene rings is 1. The van der Waals surface area contributed by atoms with Crippen LogP contribution in [-0.2, 0) is 30.1 Å². The Morgan fingerprint density at radius 1 is 1.12 bits per heavy atom. The Kier molecular flexibility index (Phi) is 7.43. The molecule has 0 radical (unpaired) electrons. The van der Waals surface area contributed by atoms with Crippen molar-refractivity contribution in [2.75, 3.05) is 50.9 Å². The van der Waals surface area contributed by atoms with Gasteiger partial charge in [-0.05, 0) is 44.0 Å². The first-order chi connectivity index (χ1) is 15.4. The predicted octanol–water partition coefficient (Wildman–Crippen LogP) is 2.88. The normalized spacial score (nSPS) is 24.9. The third-order valence-corrected chi connectivity index (χ3v) is 8.28. The summed E-state index contributed by atoms with van der Waals surface area (Å²) in [7, 11) is 0. The number of hydrogen-bond acceptors (Lipinski definition) is 7. The van der Waals surface area contributed by atoms with E-state index in [0.29, 0.717) is 70.1 Å². The number of rotatable bonds is 6. The first-order valence-electron chi connectivity index (χ1n) is 11.2. The standard InChI is InChI=1S/C22H31ClN2O6S/c1-2-29-20(26)21(7-9-22(10-8-21)30-15-16-31-22)19(32(27)28)25-13-11-24(12-14-25)18-5-3-17(23)4-6-18/h3-6,19H,2,7-16H2,1H3,(H,27,28). The molecule has 178 valence electrons. The van der Waals surface area contributed by atoms with Crippen LogP contribution < -0.4 is 4.90 Å². The summed E-state index contributed by atoms with van der Waals surface area (Å²) in [5, 5.41) is -0.155. The lowest BCUT2D eigenvalue weighted by Crippen LogP contribution is -2.61. The van der Waals surface area contributed by atoms with Crippen LogP contribution in [0.2, 0.25) is 5.02 Å². The fraction of sp³-hybridized carbons (Fsp3) is 0.682. The minimum atomic E-state index is -2.23. The van der Waals surface area contributed by atoms with Gasteiger partial charge in [-0.1, -0.05) is 11.6 Å². The van der Waals surface area contributed by atoms with E-state index in [2.05, 4.69) is 4.90 Å². The monoisotopic (exact) mass is 486 g/mol. The number of halogens is 1. The van der Waals surface area contributed by atoms with Crippen molar-refractivity contribution in [2.24, 2.45) is 5.41 Å². The SMILES string of the molecule is CCOC(=O)C1(C(N2CCN(c3ccc(Cl)cc3)CC2)S(=O)O)CCC2(CC1)OCCO2. The van der Waals surface area contributed by atoms with E-state index in [1.54, 1.807) is 6.92 Å². The minimum Gasteiger partial charge on any atom is -0.465 e. The summed E-state index contributed by atoms with van der Waals surface area (Å²) in [6.45, 7) is 5.57. The Bertz CT molecular complexity index is 814. The molecule has 8 nitrogen and oxygen atoms in total. The van der Waals surface area contributed by atoms with E-state index in [0.717, 1.165) is 5.69 Å². The highest BCUT2D eigenvalue weighted by Crippen LogP contribution is 2.49. The Morgan fingerprint density at radius 2 is 1.72 bits per heavy atom. The second-order valence-corrected chi connectivity index (χ2v) is 10.0. The van der Waals surface area contributed by atoms with Gasteiger partial charge in [0, 0.05) is 49.7 Å². The third-order valence-electron chi connectivity index (χ3n) is 6.90. The fourth-order valence-electron chi connectivity index (χ4n) is 5.23. The van der Waals surface area contributed by atoms with Crippen molar-refractivity contribution in [2.45, 2.75) is 43.8 Å². The van der Waals surface area contributed by atoms with Crippen LogP contribution in [0, 0.1) is 5.41 Å². The molecule has 2 aliphatic heterocycles. The summed E-state index contributed by atoms with van der Waals surface area (Å²) in [6, 6.07) is 7.66. The highest BCUT2D eigenvalue weighted by Gasteiger charge is 2.58. The molecule has 1 aromatic carbocycles. The van der Waals surface area contributed by atoms with Gasteiger partial charge in [0.1, 0.15) is 5.37 Å². The van der Waals surface area contributed by atoms with E-state index in [1.807, 2.05) is 29.2 Å². The van der Waals surface area contributed by atoms with Crippen LogP contribution in [0.5, 0.6) is 0 Å². The van der Waals surface area contributed by atoms with Crippen LogP contribution in [0.15, 0.2) is 24.3 Å². The maximum absolute atomic E-state index is 13.2. The number of piperazine rings is 1. The first-order valence-corrected chi connectivity index (χ1v) is 12.7. The van der Waals surface area contributed by atoms with Crippen molar-refractivity contribution < 1.29 is 27.8 Å². The van der Waals surface area contributed by atoms with E-state index in [-0.39, 0.29) is 6.61 Å². The highest BCUT2D eigenvalue weighted by molar-refractivity contribution is 7.79. The maximum Gasteiger partial charge on any atom is 0.314 e. The second kappa shape index (κ2) is 9.95. The molecule has 1 saturated carbocycles. The van der Waals surface area contributed by atoms with Gasteiger partial charge in [0.15, 0.2) is 16.9 Å². The quantitative estimate of drug-likeness (QED) is 0.485. The summed E-state index contributed by atoms with van der Waals surface area (Å²) in [6.07, 6.45) is 1.79. The fourth-order valence-corrected chi connectivity index (χ4v) is 6.54. The maximum atomic E-state index is 13.2. The summed E-state index contributed by atoms with van der Waals surface area (Å²) in [5.74, 6) is -1.08. The Labute approximate surface area is 196 Å². The van der Waals surface area contributed by atoms with Crippen molar-refractivity contribution in [3.05, 3.63) is 29.3 Å². The van der Waals surface area contributed by atoms with E-state index in [1.165, 1.54) is 0 Å². The van der Waals surface area contributed by atoms with Crippen LogP contribution >= 0.6 is 11.6 Å². The van der Waals surface area contributed by atoms with Gasteiger partial charge in [0.25, 0.3) is 0 Å². The topological polar surface area (TPSA) is 88.5 Å². The molecule has 0 amide bonds. The number of carbonyl (C=O) groups is 1. The zero-order chi connectivity index (χ0) is 22.8. The van der Waals surface area contributed by atoms with Crippen LogP contribution in [0.3, 0.4) is 0 Å². The van der Waals surface area contributed by atoms with Crippen molar-refractivity contribution in [3.8, 4) is 0 Å². The Balaban J connectivity index is 1.53. The number of esters is 1. The molecule has 1 N–H and O–H groups in total. The molecule has 1 aromatic rings. The molecule has 2 atom stereocenters. The predicted molar refractivity (Wildman–Crippen MR) is 122 cm³/mol. The zero-order valence-corrected chi connectivity index (χ0v) is 19.9. The molecular formula is C22H31ClN2O6S. The number of nitrogens with zero attached hydrogens (tertiary/aromatic N) is 2. The van der Waals surface area contributed by atoms with Gasteiger partial charge >= 0.3 is 5.97 Å². The molecule has 4 rings (SSSR count). The number of carbonyl (C=O) groups excluding carboxylic acids is 1. The molecule has 2 saturated heterocycles. The lowest BCUT2D eigenvalue weighted by Gasteiger charge is -2.49. The molecule has 0 aromatic heterocycles. The largest absolute Gasteiger partial charge is 0.465 e. The van der Waals surface area contributed by atoms with Gasteiger partial charge in [-0.15, -0.1) is 0 Å². The lowest BCUT2D eigenvalue weighted by atomic mass is 9.71. The van der Waals surface area contributed by atoms with Crippen molar-refractivity contribution in [1.29, 1.82) is 0 Å². The molecular weight excluding hydrogens is 456 g/mol. The molecule has 2 heterocycles. The molecule has 3 fully saturated rings. The van der Waals surface area contributed by atoms with Crippen LogP contribution in [0.1, 0.15) is 32.6 Å². The third kappa shape index (κ3) is 4.69. The lowest BCUT2D eigenvalue weighted by molar-refractivity contribution is -0.202. The number of ether oxygens (including phenoxy) is 3. The van der Waals surface area contributed by atoms with E-state index in [4.69, 9.17) is 25.8 Å². The van der Waals surface area contributed by atoms with Gasteiger partial charge in [0.2, 0.25) is 0 Å². The molecule has 0 bridgehead atoms. The molecule has 1 aliphatic carbocycles. The molecule has 10 heteroatoms. The Hall–Kier alpha value is -1.23. The average Bonchev–Trinajstić information content (AvgIpc) is 3.25. The smallest absolute Gasteiger partial charge is 0.314 e. The van der Waals surface area contributed by atoms with Gasteiger partial charge in [0.05, 0.1) is 25.2 Å². The summed E-state index contributed by atoms with van der Waals surface area (Å²) in [4.78, 5) is 17.4. The molecule has 3 aliphatic rings. The van der Waals surface area contributed by atoms with Crippen molar-refractivity contribution in [3.63, 3.8) is 0 Å². The van der Waals surface area contributed by atoms with E-state index in [9.17, 15) is 13.6 Å². The van der Waals surface area contributed by atoms with Crippen LogP contribution in [0.25, 0.3) is 0 Å². The van der Waals surface area contributed by atoms with Crippen molar-refractivity contribution in [1.82, 2.24) is 4.90 Å². The van der Waals surface area contributed by atoms with E-state index >= 15 is 0 Å². The first kappa shape index (κ1) is 23.9. The molecule has 2 unspecified atom stereocenters. The van der Waals surface area contributed by atoms with Gasteiger partial charge in [-0.2, -0.15) is 0 Å². The second-order valence-electron chi connectivity index (χ2n) is 8.61. The molecule has 1 spiro atoms. The van der Waals surface area contributed by atoms with Crippen LogP contribution in [-0.4, -0.2) is 76.8 Å². The minimum absolute atomic E-state index is 0.230. The summed E-state index contributed by atoms with van der Waals surface area (Å²) >= 11 is 3.78. The van der Waals surface area contributed by atoms with Gasteiger partial charge in [-0.3, -0.25) is 9.69 Å². The number of anilines is 1. The summed E-state index contributed by atoms with van der Waals surface area (Å²) < 4.78 is 40.2. The average molecular weight is 487 g/mol. The Morgan fingerprint density at radius 3 is 2.25 bits per heavy atom. The van der Waals surface area contributed by atoms with Gasteiger partial charge < -0.3 is 23.7 Å². The van der Waals surface area contributed by atoms with Gasteiger partial charge in [-0.25, -0.2) is 4.21 Å². The van der Waals surface area contributed by atoms with Crippen LogP contribution in [0.4, 0.5) is 5.69 Å². The highest BCUT2D eigenvalue weighted by atomic mass is 35.5.